The summed E-state index contributed by atoms with van der Waals surface area (Å²) in [6.07, 6.45) is 0.718. The lowest BCUT2D eigenvalue weighted by molar-refractivity contribution is 0.596. The van der Waals surface area contributed by atoms with Crippen molar-refractivity contribution in [2.45, 2.75) is 20.3 Å². The molecule has 1 aromatic carbocycles. The lowest BCUT2D eigenvalue weighted by atomic mass is 10.1. The Morgan fingerprint density at radius 3 is 2.62 bits per heavy atom. The molecule has 16 heavy (non-hydrogen) atoms. The van der Waals surface area contributed by atoms with Crippen LogP contribution in [0.15, 0.2) is 18.2 Å². The normalized spacial score (nSPS) is 10.9. The molecule has 0 heterocycles. The molecule has 0 aliphatic rings. The number of anilines is 1. The molecule has 0 aliphatic carbocycles. The van der Waals surface area contributed by atoms with Crippen molar-refractivity contribution < 1.29 is 4.39 Å². The number of nitrogens with two attached hydrogens (primary N) is 1. The molecule has 0 atom stereocenters. The van der Waals surface area contributed by atoms with Gasteiger partial charge in [-0.05, 0) is 30.5 Å². The van der Waals surface area contributed by atoms with Crippen molar-refractivity contribution in [2.24, 2.45) is 11.7 Å². The van der Waals surface area contributed by atoms with Gasteiger partial charge in [0, 0.05) is 13.6 Å². The summed E-state index contributed by atoms with van der Waals surface area (Å²) in [6.45, 7) is 5.64. The molecule has 0 spiro atoms. The van der Waals surface area contributed by atoms with E-state index in [9.17, 15) is 4.39 Å². The molecule has 0 aliphatic heterocycles. The molecule has 2 nitrogen and oxygen atoms in total. The van der Waals surface area contributed by atoms with Crippen LogP contribution in [0.4, 0.5) is 10.1 Å². The number of halogens is 1. The monoisotopic (exact) mass is 224 g/mol. The molecule has 0 radical (unpaired) electrons. The summed E-state index contributed by atoms with van der Waals surface area (Å²) in [5.74, 6) is 0.351. The van der Waals surface area contributed by atoms with E-state index in [0.29, 0.717) is 18.2 Å². The van der Waals surface area contributed by atoms with Gasteiger partial charge in [-0.2, -0.15) is 0 Å². The second-order valence-electron chi connectivity index (χ2n) is 4.56. The zero-order valence-electron chi connectivity index (χ0n) is 10.3. The maximum atomic E-state index is 13.8. The third-order valence-corrected chi connectivity index (χ3v) is 2.50. The van der Waals surface area contributed by atoms with Crippen molar-refractivity contribution in [3.05, 3.63) is 29.6 Å². The van der Waals surface area contributed by atoms with Crippen molar-refractivity contribution in [3.8, 4) is 0 Å². The molecule has 90 valence electrons. The maximum absolute atomic E-state index is 13.8. The van der Waals surface area contributed by atoms with E-state index in [2.05, 4.69) is 13.8 Å². The largest absolute Gasteiger partial charge is 0.372 e. The van der Waals surface area contributed by atoms with Crippen LogP contribution in [0.2, 0.25) is 0 Å². The van der Waals surface area contributed by atoms with Gasteiger partial charge in [-0.1, -0.05) is 26.0 Å². The Morgan fingerprint density at radius 2 is 2.06 bits per heavy atom. The molecule has 0 bridgehead atoms. The first-order chi connectivity index (χ1) is 7.56. The van der Waals surface area contributed by atoms with Crippen LogP contribution in [-0.4, -0.2) is 20.1 Å². The minimum atomic E-state index is -0.158. The van der Waals surface area contributed by atoms with Gasteiger partial charge in [-0.15, -0.1) is 0 Å². The summed E-state index contributed by atoms with van der Waals surface area (Å²) in [7, 11) is 1.93. The molecule has 1 aromatic rings. The highest BCUT2D eigenvalue weighted by molar-refractivity contribution is 5.54. The van der Waals surface area contributed by atoms with Crippen LogP contribution in [0.25, 0.3) is 0 Å². The molecule has 2 N–H and O–H groups in total. The molecule has 0 amide bonds. The van der Waals surface area contributed by atoms with Gasteiger partial charge in [-0.3, -0.25) is 0 Å². The third kappa shape index (κ3) is 3.20. The molecule has 0 fully saturated rings. The van der Waals surface area contributed by atoms with Gasteiger partial charge in [0.25, 0.3) is 0 Å². The fourth-order valence-corrected chi connectivity index (χ4v) is 1.98. The summed E-state index contributed by atoms with van der Waals surface area (Å²) < 4.78 is 13.8. The zero-order chi connectivity index (χ0) is 12.1. The van der Waals surface area contributed by atoms with Crippen LogP contribution in [0.1, 0.15) is 19.4 Å². The zero-order valence-corrected chi connectivity index (χ0v) is 10.3. The van der Waals surface area contributed by atoms with Crippen LogP contribution in [0.5, 0.6) is 0 Å². The number of hydrogen-bond acceptors (Lipinski definition) is 2. The Balaban J connectivity index is 2.99. The SMILES string of the molecule is CC(C)CN(C)c1c(F)cccc1CCN. The molecule has 3 heteroatoms. The highest BCUT2D eigenvalue weighted by atomic mass is 19.1. The van der Waals surface area contributed by atoms with Crippen LogP contribution >= 0.6 is 0 Å². The fourth-order valence-electron chi connectivity index (χ4n) is 1.98. The second kappa shape index (κ2) is 5.85. The van der Waals surface area contributed by atoms with Crippen molar-refractivity contribution in [1.29, 1.82) is 0 Å². The summed E-state index contributed by atoms with van der Waals surface area (Å²) in [5, 5.41) is 0. The first kappa shape index (κ1) is 13.0. The number of benzene rings is 1. The van der Waals surface area contributed by atoms with Gasteiger partial charge in [0.1, 0.15) is 5.82 Å². The molecule has 1 rings (SSSR count). The quantitative estimate of drug-likeness (QED) is 0.832. The van der Waals surface area contributed by atoms with Gasteiger partial charge in [0.2, 0.25) is 0 Å². The van der Waals surface area contributed by atoms with Crippen LogP contribution < -0.4 is 10.6 Å². The van der Waals surface area contributed by atoms with Gasteiger partial charge < -0.3 is 10.6 Å². The van der Waals surface area contributed by atoms with Crippen molar-refractivity contribution in [3.63, 3.8) is 0 Å². The second-order valence-corrected chi connectivity index (χ2v) is 4.56. The lowest BCUT2D eigenvalue weighted by Crippen LogP contribution is -2.25. The van der Waals surface area contributed by atoms with Crippen molar-refractivity contribution in [1.82, 2.24) is 0 Å². The smallest absolute Gasteiger partial charge is 0.146 e. The Bertz CT molecular complexity index is 337. The van der Waals surface area contributed by atoms with E-state index < -0.39 is 0 Å². The van der Waals surface area contributed by atoms with E-state index in [1.807, 2.05) is 18.0 Å². The minimum absolute atomic E-state index is 0.158. The Kier molecular flexibility index (Phi) is 4.74. The van der Waals surface area contributed by atoms with Gasteiger partial charge in [0.15, 0.2) is 0 Å². The van der Waals surface area contributed by atoms with E-state index in [4.69, 9.17) is 5.73 Å². The predicted molar refractivity (Wildman–Crippen MR) is 67.3 cm³/mol. The predicted octanol–water partition coefficient (Wildman–Crippen LogP) is 2.42. The molecule has 0 unspecified atom stereocenters. The van der Waals surface area contributed by atoms with Crippen LogP contribution in [-0.2, 0) is 6.42 Å². The van der Waals surface area contributed by atoms with Crippen LogP contribution in [0.3, 0.4) is 0 Å². The lowest BCUT2D eigenvalue weighted by Gasteiger charge is -2.24. The molecule has 0 saturated heterocycles. The third-order valence-electron chi connectivity index (χ3n) is 2.50. The first-order valence-electron chi connectivity index (χ1n) is 5.74. The number of para-hydroxylation sites is 1. The minimum Gasteiger partial charge on any atom is -0.372 e. The Labute approximate surface area is 97.3 Å². The summed E-state index contributed by atoms with van der Waals surface area (Å²) >= 11 is 0. The van der Waals surface area contributed by atoms with E-state index in [1.54, 1.807) is 6.07 Å². The first-order valence-corrected chi connectivity index (χ1v) is 5.74. The number of nitrogens with zero attached hydrogens (tertiary/aromatic N) is 1. The van der Waals surface area contributed by atoms with Gasteiger partial charge >= 0.3 is 0 Å². The van der Waals surface area contributed by atoms with E-state index in [-0.39, 0.29) is 5.82 Å². The fraction of sp³-hybridized carbons (Fsp3) is 0.538. The van der Waals surface area contributed by atoms with Crippen molar-refractivity contribution in [2.75, 3.05) is 25.0 Å². The molecule has 0 aromatic heterocycles. The van der Waals surface area contributed by atoms with Crippen LogP contribution in [0, 0.1) is 11.7 Å². The van der Waals surface area contributed by atoms with E-state index in [0.717, 1.165) is 18.5 Å². The molecule has 0 saturated carbocycles. The van der Waals surface area contributed by atoms with E-state index >= 15 is 0 Å². The molecular formula is C13H21FN2. The topological polar surface area (TPSA) is 29.3 Å². The number of hydrogen-bond donors (Lipinski definition) is 1. The summed E-state index contributed by atoms with van der Waals surface area (Å²) in [4.78, 5) is 1.98. The highest BCUT2D eigenvalue weighted by Gasteiger charge is 2.13. The Morgan fingerprint density at radius 1 is 1.38 bits per heavy atom. The Hall–Kier alpha value is -1.09. The van der Waals surface area contributed by atoms with Gasteiger partial charge in [-0.25, -0.2) is 4.39 Å². The van der Waals surface area contributed by atoms with Crippen molar-refractivity contribution >= 4 is 5.69 Å². The maximum Gasteiger partial charge on any atom is 0.146 e. The standard InChI is InChI=1S/C13H21FN2/c1-10(2)9-16(3)13-11(7-8-15)5-4-6-12(13)14/h4-6,10H,7-9,15H2,1-3H3. The number of rotatable bonds is 5. The summed E-state index contributed by atoms with van der Waals surface area (Å²) in [6, 6.07) is 5.20. The average molecular weight is 224 g/mol. The average Bonchev–Trinajstić information content (AvgIpc) is 2.16. The highest BCUT2D eigenvalue weighted by Crippen LogP contribution is 2.24. The van der Waals surface area contributed by atoms with E-state index in [1.165, 1.54) is 6.07 Å². The van der Waals surface area contributed by atoms with Gasteiger partial charge in [0.05, 0.1) is 5.69 Å². The molecular weight excluding hydrogens is 203 g/mol. The summed E-state index contributed by atoms with van der Waals surface area (Å²) in [5.41, 5.74) is 7.23.